The summed E-state index contributed by atoms with van der Waals surface area (Å²) in [5.74, 6) is 0.899. The monoisotopic (exact) mass is 264 g/mol. The normalized spacial score (nSPS) is 12.6. The Labute approximate surface area is 117 Å². The van der Waals surface area contributed by atoms with Gasteiger partial charge in [0, 0.05) is 17.7 Å². The van der Waals surface area contributed by atoms with Crippen molar-refractivity contribution in [2.75, 3.05) is 7.11 Å². The highest BCUT2D eigenvalue weighted by molar-refractivity contribution is 5.77. The van der Waals surface area contributed by atoms with E-state index >= 15 is 0 Å². The van der Waals surface area contributed by atoms with E-state index in [1.54, 1.807) is 7.11 Å². The van der Waals surface area contributed by atoms with E-state index in [0.717, 1.165) is 17.8 Å². The van der Waals surface area contributed by atoms with Crippen LogP contribution in [0.1, 0.15) is 22.5 Å². The summed E-state index contributed by atoms with van der Waals surface area (Å²) in [5, 5.41) is 0. The number of aryl methyl sites for hydroxylation is 2. The zero-order valence-electron chi connectivity index (χ0n) is 11.9. The van der Waals surface area contributed by atoms with Gasteiger partial charge in [-0.1, -0.05) is 6.07 Å². The fourth-order valence-corrected chi connectivity index (χ4v) is 3.21. The minimum Gasteiger partial charge on any atom is -0.497 e. The van der Waals surface area contributed by atoms with E-state index in [0.29, 0.717) is 0 Å². The molecule has 20 heavy (non-hydrogen) atoms. The Bertz CT molecular complexity index is 846. The Morgan fingerprint density at radius 1 is 1.15 bits per heavy atom. The number of nitrogens with zero attached hydrogens (tertiary/aromatic N) is 2. The molecule has 0 aliphatic heterocycles. The molecule has 0 radical (unpaired) electrons. The van der Waals surface area contributed by atoms with Crippen LogP contribution in [-0.4, -0.2) is 16.5 Å². The predicted octanol–water partition coefficient (Wildman–Crippen LogP) is 3.53. The highest BCUT2D eigenvalue weighted by Gasteiger charge is 2.25. The first-order valence-corrected chi connectivity index (χ1v) is 6.83. The molecule has 3 nitrogen and oxygen atoms in total. The molecular weight excluding hydrogens is 248 g/mol. The third-order valence-electron chi connectivity index (χ3n) is 4.05. The molecule has 0 saturated carbocycles. The highest BCUT2D eigenvalue weighted by atomic mass is 16.5. The van der Waals surface area contributed by atoms with Gasteiger partial charge in [0.25, 0.3) is 0 Å². The van der Waals surface area contributed by atoms with Crippen LogP contribution in [0.15, 0.2) is 30.3 Å². The molecule has 0 unspecified atom stereocenters. The summed E-state index contributed by atoms with van der Waals surface area (Å²) >= 11 is 0. The minimum atomic E-state index is 0.899. The van der Waals surface area contributed by atoms with E-state index in [1.165, 1.54) is 33.8 Å². The number of rotatable bonds is 1. The number of pyridine rings is 1. The smallest absolute Gasteiger partial charge is 0.138 e. The number of fused-ring (bicyclic) bond motifs is 5. The van der Waals surface area contributed by atoms with E-state index in [1.807, 2.05) is 6.07 Å². The number of benzene rings is 1. The maximum Gasteiger partial charge on any atom is 0.138 e. The van der Waals surface area contributed by atoms with Crippen LogP contribution in [0.2, 0.25) is 0 Å². The maximum atomic E-state index is 5.36. The van der Waals surface area contributed by atoms with Crippen molar-refractivity contribution in [2.24, 2.45) is 0 Å². The lowest BCUT2D eigenvalue weighted by molar-refractivity contribution is 0.415. The second kappa shape index (κ2) is 3.85. The van der Waals surface area contributed by atoms with Crippen LogP contribution in [0.4, 0.5) is 0 Å². The van der Waals surface area contributed by atoms with Crippen LogP contribution >= 0.6 is 0 Å². The van der Waals surface area contributed by atoms with Crippen LogP contribution in [0.3, 0.4) is 0 Å². The van der Waals surface area contributed by atoms with Gasteiger partial charge in [0.05, 0.1) is 18.5 Å². The molecule has 0 spiro atoms. The zero-order chi connectivity index (χ0) is 13.9. The molecule has 100 valence electrons. The Balaban J connectivity index is 2.07. The molecule has 1 aliphatic carbocycles. The molecule has 0 atom stereocenters. The number of hydrogen-bond acceptors (Lipinski definition) is 2. The van der Waals surface area contributed by atoms with Crippen molar-refractivity contribution >= 4 is 5.65 Å². The molecule has 1 aromatic carbocycles. The van der Waals surface area contributed by atoms with Gasteiger partial charge in [0.15, 0.2) is 0 Å². The van der Waals surface area contributed by atoms with Crippen LogP contribution < -0.4 is 4.74 Å². The summed E-state index contributed by atoms with van der Waals surface area (Å²) in [6, 6.07) is 10.6. The van der Waals surface area contributed by atoms with Crippen molar-refractivity contribution in [1.29, 1.82) is 0 Å². The SMILES string of the molecule is COc1ccc2c(c1)-c1c(nc3cc(C)cc(C)n13)C2. The molecule has 0 bridgehead atoms. The Hall–Kier alpha value is -2.29. The Morgan fingerprint density at radius 2 is 2.00 bits per heavy atom. The van der Waals surface area contributed by atoms with Crippen molar-refractivity contribution in [1.82, 2.24) is 9.38 Å². The van der Waals surface area contributed by atoms with Gasteiger partial charge in [-0.25, -0.2) is 4.98 Å². The van der Waals surface area contributed by atoms with Crippen molar-refractivity contribution in [3.8, 4) is 17.0 Å². The standard InChI is InChI=1S/C17H16N2O/c1-10-6-11(2)19-16(7-10)18-15-8-12-4-5-13(20-3)9-14(12)17(15)19/h4-7,9H,8H2,1-3H3. The fraction of sp³-hybridized carbons (Fsp3) is 0.235. The Morgan fingerprint density at radius 3 is 2.80 bits per heavy atom. The van der Waals surface area contributed by atoms with Gasteiger partial charge in [-0.05, 0) is 49.2 Å². The predicted molar refractivity (Wildman–Crippen MR) is 79.5 cm³/mol. The lowest BCUT2D eigenvalue weighted by Crippen LogP contribution is -1.95. The van der Waals surface area contributed by atoms with Gasteiger partial charge in [-0.2, -0.15) is 0 Å². The largest absolute Gasteiger partial charge is 0.497 e. The summed E-state index contributed by atoms with van der Waals surface area (Å²) in [5.41, 5.74) is 8.50. The van der Waals surface area contributed by atoms with Gasteiger partial charge in [-0.15, -0.1) is 0 Å². The van der Waals surface area contributed by atoms with Gasteiger partial charge < -0.3 is 4.74 Å². The molecule has 2 aromatic heterocycles. The lowest BCUT2D eigenvalue weighted by atomic mass is 10.1. The third-order valence-corrected chi connectivity index (χ3v) is 4.05. The molecule has 0 amide bonds. The van der Waals surface area contributed by atoms with Crippen molar-refractivity contribution < 1.29 is 4.74 Å². The number of imidazole rings is 1. The van der Waals surface area contributed by atoms with E-state index in [2.05, 4.69) is 42.5 Å². The van der Waals surface area contributed by atoms with Crippen molar-refractivity contribution in [2.45, 2.75) is 20.3 Å². The summed E-state index contributed by atoms with van der Waals surface area (Å²) in [7, 11) is 1.71. The number of hydrogen-bond donors (Lipinski definition) is 0. The average Bonchev–Trinajstić information content (AvgIpc) is 2.92. The van der Waals surface area contributed by atoms with Crippen molar-refractivity contribution in [3.63, 3.8) is 0 Å². The number of methoxy groups -OCH3 is 1. The summed E-state index contributed by atoms with van der Waals surface area (Å²) in [6.45, 7) is 4.25. The van der Waals surface area contributed by atoms with Gasteiger partial charge in [-0.3, -0.25) is 4.40 Å². The maximum absolute atomic E-state index is 5.36. The van der Waals surface area contributed by atoms with E-state index in [-0.39, 0.29) is 0 Å². The second-order valence-electron chi connectivity index (χ2n) is 5.47. The number of ether oxygens (including phenoxy) is 1. The third kappa shape index (κ3) is 1.43. The molecule has 2 heterocycles. The fourth-order valence-electron chi connectivity index (χ4n) is 3.21. The first kappa shape index (κ1) is 11.5. The zero-order valence-corrected chi connectivity index (χ0v) is 11.9. The van der Waals surface area contributed by atoms with Crippen LogP contribution in [0, 0.1) is 13.8 Å². The average molecular weight is 264 g/mol. The van der Waals surface area contributed by atoms with E-state index in [9.17, 15) is 0 Å². The topological polar surface area (TPSA) is 26.5 Å². The second-order valence-corrected chi connectivity index (χ2v) is 5.47. The van der Waals surface area contributed by atoms with Gasteiger partial charge >= 0.3 is 0 Å². The molecule has 1 aliphatic rings. The van der Waals surface area contributed by atoms with Gasteiger partial charge in [0.2, 0.25) is 0 Å². The lowest BCUT2D eigenvalue weighted by Gasteiger charge is -2.08. The van der Waals surface area contributed by atoms with Crippen LogP contribution in [0.25, 0.3) is 16.9 Å². The summed E-state index contributed by atoms with van der Waals surface area (Å²) in [4.78, 5) is 4.81. The van der Waals surface area contributed by atoms with E-state index in [4.69, 9.17) is 9.72 Å². The molecule has 0 N–H and O–H groups in total. The first-order chi connectivity index (χ1) is 9.67. The first-order valence-electron chi connectivity index (χ1n) is 6.83. The minimum absolute atomic E-state index is 0.899. The van der Waals surface area contributed by atoms with Crippen LogP contribution in [-0.2, 0) is 6.42 Å². The quantitative estimate of drug-likeness (QED) is 0.526. The van der Waals surface area contributed by atoms with Crippen molar-refractivity contribution in [3.05, 3.63) is 52.8 Å². The van der Waals surface area contributed by atoms with Gasteiger partial charge in [0.1, 0.15) is 11.4 Å². The summed E-state index contributed by atoms with van der Waals surface area (Å²) < 4.78 is 7.62. The molecule has 0 fully saturated rings. The highest BCUT2D eigenvalue weighted by Crippen LogP contribution is 2.39. The van der Waals surface area contributed by atoms with Crippen LogP contribution in [0.5, 0.6) is 5.75 Å². The molecule has 4 rings (SSSR count). The number of aromatic nitrogens is 2. The molecule has 3 heteroatoms. The molecule has 0 saturated heterocycles. The molecular formula is C17H16N2O. The summed E-state index contributed by atoms with van der Waals surface area (Å²) in [6.07, 6.45) is 0.912. The van der Waals surface area contributed by atoms with E-state index < -0.39 is 0 Å². The molecule has 3 aromatic rings. The Kier molecular flexibility index (Phi) is 2.22.